The summed E-state index contributed by atoms with van der Waals surface area (Å²) in [5.41, 5.74) is 2.99. The number of nitrogens with zero attached hydrogens (tertiary/aromatic N) is 1. The predicted octanol–water partition coefficient (Wildman–Crippen LogP) is 7.33. The van der Waals surface area contributed by atoms with Crippen LogP contribution in [-0.4, -0.2) is 9.97 Å². The van der Waals surface area contributed by atoms with Crippen LogP contribution in [0.25, 0.3) is 22.6 Å². The van der Waals surface area contributed by atoms with Crippen LogP contribution in [0.4, 0.5) is 0 Å². The molecule has 1 heterocycles. The number of hydrogen-bond acceptors (Lipinski definition) is 3. The fourth-order valence-electron chi connectivity index (χ4n) is 3.25. The molecule has 150 valence electrons. The zero-order valence-corrected chi connectivity index (χ0v) is 16.7. The number of hydrogen-bond donors (Lipinski definition) is 1. The second-order valence-corrected chi connectivity index (χ2v) is 7.02. The number of imidazole rings is 1. The van der Waals surface area contributed by atoms with E-state index in [0.29, 0.717) is 0 Å². The van der Waals surface area contributed by atoms with E-state index in [0.717, 1.165) is 45.6 Å². The van der Waals surface area contributed by atoms with Gasteiger partial charge in [0, 0.05) is 5.56 Å². The molecular formula is C27H20N2O2. The van der Waals surface area contributed by atoms with Crippen molar-refractivity contribution in [1.82, 2.24) is 9.97 Å². The molecule has 0 aliphatic carbocycles. The van der Waals surface area contributed by atoms with E-state index in [1.165, 1.54) is 0 Å². The average molecular weight is 404 g/mol. The standard InChI is InChI=1S/C27H20N2O2/c1-3-7-22(8-4-1)30-24-15-11-20(12-16-24)26-19-28-27(29-26)21-13-17-25(18-14-21)31-23-9-5-2-6-10-23/h1-19H,(H,28,29). The Balaban J connectivity index is 1.28. The molecule has 0 saturated carbocycles. The Hall–Kier alpha value is -4.31. The monoisotopic (exact) mass is 404 g/mol. The maximum absolute atomic E-state index is 5.86. The summed E-state index contributed by atoms with van der Waals surface area (Å²) in [6, 6.07) is 35.3. The highest BCUT2D eigenvalue weighted by atomic mass is 16.5. The van der Waals surface area contributed by atoms with Crippen molar-refractivity contribution in [2.45, 2.75) is 0 Å². The number of aromatic amines is 1. The van der Waals surface area contributed by atoms with Crippen molar-refractivity contribution >= 4 is 0 Å². The highest BCUT2D eigenvalue weighted by molar-refractivity contribution is 5.65. The van der Waals surface area contributed by atoms with Gasteiger partial charge in [-0.1, -0.05) is 36.4 Å². The molecule has 0 radical (unpaired) electrons. The van der Waals surface area contributed by atoms with Crippen molar-refractivity contribution in [2.75, 3.05) is 0 Å². The summed E-state index contributed by atoms with van der Waals surface area (Å²) >= 11 is 0. The van der Waals surface area contributed by atoms with Gasteiger partial charge in [-0.3, -0.25) is 0 Å². The highest BCUT2D eigenvalue weighted by Crippen LogP contribution is 2.28. The van der Waals surface area contributed by atoms with Gasteiger partial charge in [0.1, 0.15) is 28.8 Å². The lowest BCUT2D eigenvalue weighted by Crippen LogP contribution is -1.85. The van der Waals surface area contributed by atoms with Gasteiger partial charge in [-0.15, -0.1) is 0 Å². The van der Waals surface area contributed by atoms with Gasteiger partial charge in [0.2, 0.25) is 0 Å². The summed E-state index contributed by atoms with van der Waals surface area (Å²) in [6.07, 6.45) is 1.84. The fraction of sp³-hybridized carbons (Fsp3) is 0. The summed E-state index contributed by atoms with van der Waals surface area (Å²) < 4.78 is 11.7. The Bertz CT molecular complexity index is 1150. The summed E-state index contributed by atoms with van der Waals surface area (Å²) in [4.78, 5) is 7.93. The van der Waals surface area contributed by atoms with Crippen molar-refractivity contribution in [2.24, 2.45) is 0 Å². The molecular weight excluding hydrogens is 384 g/mol. The zero-order valence-electron chi connectivity index (χ0n) is 16.7. The number of nitrogens with one attached hydrogen (secondary N) is 1. The van der Waals surface area contributed by atoms with Crippen LogP contribution >= 0.6 is 0 Å². The fourth-order valence-corrected chi connectivity index (χ4v) is 3.25. The van der Waals surface area contributed by atoms with E-state index in [4.69, 9.17) is 9.47 Å². The molecule has 4 aromatic carbocycles. The van der Waals surface area contributed by atoms with Crippen molar-refractivity contribution in [3.05, 3.63) is 115 Å². The molecule has 0 spiro atoms. The summed E-state index contributed by atoms with van der Waals surface area (Å²) in [5, 5.41) is 0. The second-order valence-electron chi connectivity index (χ2n) is 7.02. The van der Waals surface area contributed by atoms with Gasteiger partial charge < -0.3 is 14.5 Å². The molecule has 0 aliphatic heterocycles. The molecule has 1 N–H and O–H groups in total. The Morgan fingerprint density at radius 1 is 0.484 bits per heavy atom. The summed E-state index contributed by atoms with van der Waals surface area (Å²) in [6.45, 7) is 0. The molecule has 0 amide bonds. The minimum absolute atomic E-state index is 0.788. The van der Waals surface area contributed by atoms with E-state index >= 15 is 0 Å². The van der Waals surface area contributed by atoms with E-state index in [9.17, 15) is 0 Å². The molecule has 0 bridgehead atoms. The van der Waals surface area contributed by atoms with Gasteiger partial charge in [-0.05, 0) is 78.4 Å². The van der Waals surface area contributed by atoms with Gasteiger partial charge in [-0.25, -0.2) is 4.98 Å². The number of benzene rings is 4. The number of aromatic nitrogens is 2. The largest absolute Gasteiger partial charge is 0.457 e. The van der Waals surface area contributed by atoms with Gasteiger partial charge in [0.15, 0.2) is 0 Å². The average Bonchev–Trinajstić information content (AvgIpc) is 3.32. The van der Waals surface area contributed by atoms with E-state index in [2.05, 4.69) is 9.97 Å². The van der Waals surface area contributed by atoms with Crippen LogP contribution in [0.15, 0.2) is 115 Å². The molecule has 1 aromatic heterocycles. The first-order chi connectivity index (χ1) is 15.3. The van der Waals surface area contributed by atoms with Crippen molar-refractivity contribution < 1.29 is 9.47 Å². The van der Waals surface area contributed by atoms with E-state index in [-0.39, 0.29) is 0 Å². The van der Waals surface area contributed by atoms with Crippen LogP contribution in [0.1, 0.15) is 0 Å². The minimum Gasteiger partial charge on any atom is -0.457 e. The van der Waals surface area contributed by atoms with Crippen molar-refractivity contribution in [3.63, 3.8) is 0 Å². The van der Waals surface area contributed by atoms with Crippen LogP contribution in [0.3, 0.4) is 0 Å². The Morgan fingerprint density at radius 3 is 1.45 bits per heavy atom. The van der Waals surface area contributed by atoms with Gasteiger partial charge in [-0.2, -0.15) is 0 Å². The molecule has 0 saturated heterocycles. The first-order valence-corrected chi connectivity index (χ1v) is 10.1. The van der Waals surface area contributed by atoms with Gasteiger partial charge >= 0.3 is 0 Å². The van der Waals surface area contributed by atoms with Crippen LogP contribution < -0.4 is 9.47 Å². The predicted molar refractivity (Wildman–Crippen MR) is 122 cm³/mol. The number of ether oxygens (including phenoxy) is 2. The van der Waals surface area contributed by atoms with Crippen LogP contribution in [0.5, 0.6) is 23.0 Å². The molecule has 0 atom stereocenters. The number of rotatable bonds is 6. The SMILES string of the molecule is c1ccc(Oc2ccc(-c3cnc(-c4ccc(Oc5ccccc5)cc4)[nH]3)cc2)cc1. The third-order valence-electron chi connectivity index (χ3n) is 4.83. The first kappa shape index (κ1) is 18.7. The minimum atomic E-state index is 0.788. The molecule has 4 heteroatoms. The molecule has 4 nitrogen and oxygen atoms in total. The molecule has 5 rings (SSSR count). The Kier molecular flexibility index (Phi) is 5.18. The van der Waals surface area contributed by atoms with E-state index < -0.39 is 0 Å². The summed E-state index contributed by atoms with van der Waals surface area (Å²) in [5.74, 6) is 4.03. The maximum Gasteiger partial charge on any atom is 0.137 e. The lowest BCUT2D eigenvalue weighted by atomic mass is 10.1. The third-order valence-corrected chi connectivity index (χ3v) is 4.83. The van der Waals surface area contributed by atoms with E-state index in [1.807, 2.05) is 115 Å². The first-order valence-electron chi connectivity index (χ1n) is 10.1. The molecule has 0 fully saturated rings. The normalized spacial score (nSPS) is 10.6. The van der Waals surface area contributed by atoms with Crippen LogP contribution in [0.2, 0.25) is 0 Å². The topological polar surface area (TPSA) is 47.1 Å². The van der Waals surface area contributed by atoms with Crippen molar-refractivity contribution in [3.8, 4) is 45.6 Å². The molecule has 31 heavy (non-hydrogen) atoms. The van der Waals surface area contributed by atoms with E-state index in [1.54, 1.807) is 0 Å². The van der Waals surface area contributed by atoms with Crippen LogP contribution in [0, 0.1) is 0 Å². The second kappa shape index (κ2) is 8.59. The zero-order chi connectivity index (χ0) is 20.9. The lowest BCUT2D eigenvalue weighted by Gasteiger charge is -2.06. The third kappa shape index (κ3) is 4.49. The number of H-pyrrole nitrogens is 1. The molecule has 5 aromatic rings. The van der Waals surface area contributed by atoms with Crippen molar-refractivity contribution in [1.29, 1.82) is 0 Å². The molecule has 0 unspecified atom stereocenters. The van der Waals surface area contributed by atoms with Gasteiger partial charge in [0.05, 0.1) is 11.9 Å². The molecule has 0 aliphatic rings. The highest BCUT2D eigenvalue weighted by Gasteiger charge is 2.07. The number of para-hydroxylation sites is 2. The van der Waals surface area contributed by atoms with Gasteiger partial charge in [0.25, 0.3) is 0 Å². The smallest absolute Gasteiger partial charge is 0.137 e. The summed E-state index contributed by atoms with van der Waals surface area (Å²) in [7, 11) is 0. The Labute approximate surface area is 180 Å². The Morgan fingerprint density at radius 2 is 0.935 bits per heavy atom. The quantitative estimate of drug-likeness (QED) is 0.322. The van der Waals surface area contributed by atoms with Crippen LogP contribution in [-0.2, 0) is 0 Å². The lowest BCUT2D eigenvalue weighted by molar-refractivity contribution is 0.482. The maximum atomic E-state index is 5.86.